The van der Waals surface area contributed by atoms with E-state index in [-0.39, 0.29) is 0 Å². The quantitative estimate of drug-likeness (QED) is 0.709. The van der Waals surface area contributed by atoms with Crippen molar-refractivity contribution in [1.82, 2.24) is 20.1 Å². The Morgan fingerprint density at radius 1 is 1.67 bits per heavy atom. The van der Waals surface area contributed by atoms with Gasteiger partial charge in [0.2, 0.25) is 0 Å². The van der Waals surface area contributed by atoms with Crippen LogP contribution in [0.2, 0.25) is 0 Å². The lowest BCUT2D eigenvalue weighted by molar-refractivity contribution is 0.333. The van der Waals surface area contributed by atoms with Crippen molar-refractivity contribution < 1.29 is 0 Å². The van der Waals surface area contributed by atoms with Crippen molar-refractivity contribution in [3.05, 3.63) is 12.2 Å². The first-order valence-corrected chi connectivity index (χ1v) is 4.42. The number of nitrogens with one attached hydrogen (secondary N) is 1. The standard InChI is InChI=1S/C8H14N4/c1-12-8(10-6-11-12)5-9-7-3-2-4-7/h6-7,9H,2-5H2,1H3. The van der Waals surface area contributed by atoms with Crippen molar-refractivity contribution in [2.24, 2.45) is 7.05 Å². The summed E-state index contributed by atoms with van der Waals surface area (Å²) in [5.41, 5.74) is 0. The molecule has 1 saturated carbocycles. The van der Waals surface area contributed by atoms with Gasteiger partial charge in [0, 0.05) is 13.1 Å². The molecule has 1 fully saturated rings. The molecule has 2 rings (SSSR count). The van der Waals surface area contributed by atoms with E-state index in [1.807, 2.05) is 11.7 Å². The number of hydrogen-bond acceptors (Lipinski definition) is 3. The molecule has 12 heavy (non-hydrogen) atoms. The van der Waals surface area contributed by atoms with E-state index in [4.69, 9.17) is 0 Å². The maximum atomic E-state index is 4.14. The van der Waals surface area contributed by atoms with Gasteiger partial charge in [-0.15, -0.1) is 0 Å². The van der Waals surface area contributed by atoms with Crippen molar-refractivity contribution in [3.63, 3.8) is 0 Å². The molecule has 1 aliphatic carbocycles. The number of aryl methyl sites for hydroxylation is 1. The fourth-order valence-electron chi connectivity index (χ4n) is 1.33. The fraction of sp³-hybridized carbons (Fsp3) is 0.750. The molecule has 0 aromatic carbocycles. The molecule has 1 aliphatic rings. The van der Waals surface area contributed by atoms with Gasteiger partial charge in [-0.1, -0.05) is 6.42 Å². The van der Waals surface area contributed by atoms with Gasteiger partial charge in [0.15, 0.2) is 0 Å². The molecular weight excluding hydrogens is 152 g/mol. The Morgan fingerprint density at radius 2 is 2.50 bits per heavy atom. The summed E-state index contributed by atoms with van der Waals surface area (Å²) < 4.78 is 1.81. The number of nitrogens with zero attached hydrogens (tertiary/aromatic N) is 3. The molecule has 4 nitrogen and oxygen atoms in total. The van der Waals surface area contributed by atoms with Crippen molar-refractivity contribution in [2.45, 2.75) is 31.8 Å². The second-order valence-corrected chi connectivity index (χ2v) is 3.31. The van der Waals surface area contributed by atoms with Crippen LogP contribution in [0.5, 0.6) is 0 Å². The summed E-state index contributed by atoms with van der Waals surface area (Å²) in [6.45, 7) is 0.848. The lowest BCUT2D eigenvalue weighted by atomic mass is 9.93. The van der Waals surface area contributed by atoms with Gasteiger partial charge in [-0.2, -0.15) is 5.10 Å². The summed E-state index contributed by atoms with van der Waals surface area (Å²) in [5, 5.41) is 7.44. The van der Waals surface area contributed by atoms with Crippen LogP contribution in [0.1, 0.15) is 25.1 Å². The van der Waals surface area contributed by atoms with Crippen LogP contribution in [0.4, 0.5) is 0 Å². The van der Waals surface area contributed by atoms with Gasteiger partial charge >= 0.3 is 0 Å². The topological polar surface area (TPSA) is 42.7 Å². The molecule has 0 amide bonds. The summed E-state index contributed by atoms with van der Waals surface area (Å²) in [5.74, 6) is 1.02. The first-order chi connectivity index (χ1) is 5.86. The van der Waals surface area contributed by atoms with Crippen LogP contribution in [-0.4, -0.2) is 20.8 Å². The van der Waals surface area contributed by atoms with E-state index in [1.165, 1.54) is 19.3 Å². The molecule has 0 radical (unpaired) electrons. The zero-order valence-corrected chi connectivity index (χ0v) is 7.32. The van der Waals surface area contributed by atoms with Gasteiger partial charge in [-0.25, -0.2) is 4.98 Å². The monoisotopic (exact) mass is 166 g/mol. The van der Waals surface area contributed by atoms with Gasteiger partial charge in [-0.05, 0) is 12.8 Å². The third kappa shape index (κ3) is 1.48. The van der Waals surface area contributed by atoms with Crippen molar-refractivity contribution in [1.29, 1.82) is 0 Å². The second-order valence-electron chi connectivity index (χ2n) is 3.31. The largest absolute Gasteiger partial charge is 0.307 e. The Kier molecular flexibility index (Phi) is 2.08. The SMILES string of the molecule is Cn1ncnc1CNC1CCC1. The molecule has 0 bridgehead atoms. The summed E-state index contributed by atoms with van der Waals surface area (Å²) in [6, 6.07) is 0.724. The maximum absolute atomic E-state index is 4.14. The minimum absolute atomic E-state index is 0.724. The number of aromatic nitrogens is 3. The Bertz CT molecular complexity index is 251. The molecule has 1 N–H and O–H groups in total. The average molecular weight is 166 g/mol. The smallest absolute Gasteiger partial charge is 0.140 e. The van der Waals surface area contributed by atoms with Crippen LogP contribution in [-0.2, 0) is 13.6 Å². The highest BCUT2D eigenvalue weighted by atomic mass is 15.3. The molecule has 66 valence electrons. The zero-order valence-electron chi connectivity index (χ0n) is 7.32. The lowest BCUT2D eigenvalue weighted by Crippen LogP contribution is -2.35. The zero-order chi connectivity index (χ0) is 8.39. The Morgan fingerprint density at radius 3 is 3.00 bits per heavy atom. The van der Waals surface area contributed by atoms with Crippen LogP contribution >= 0.6 is 0 Å². The third-order valence-corrected chi connectivity index (χ3v) is 2.46. The van der Waals surface area contributed by atoms with Gasteiger partial charge < -0.3 is 5.32 Å². The molecule has 1 heterocycles. The van der Waals surface area contributed by atoms with Gasteiger partial charge in [0.05, 0.1) is 6.54 Å². The summed E-state index contributed by atoms with van der Waals surface area (Å²) in [6.07, 6.45) is 5.60. The van der Waals surface area contributed by atoms with Crippen LogP contribution in [0.15, 0.2) is 6.33 Å². The number of hydrogen-bond donors (Lipinski definition) is 1. The van der Waals surface area contributed by atoms with E-state index < -0.39 is 0 Å². The van der Waals surface area contributed by atoms with E-state index >= 15 is 0 Å². The molecule has 0 saturated heterocycles. The van der Waals surface area contributed by atoms with Crippen molar-refractivity contribution in [2.75, 3.05) is 0 Å². The Balaban J connectivity index is 1.82. The molecule has 0 unspecified atom stereocenters. The lowest BCUT2D eigenvalue weighted by Gasteiger charge is -2.26. The average Bonchev–Trinajstić information content (AvgIpc) is 2.33. The summed E-state index contributed by atoms with van der Waals surface area (Å²) in [4.78, 5) is 4.14. The predicted molar refractivity (Wildman–Crippen MR) is 45.5 cm³/mol. The van der Waals surface area contributed by atoms with Gasteiger partial charge in [0.25, 0.3) is 0 Å². The molecule has 0 spiro atoms. The maximum Gasteiger partial charge on any atom is 0.140 e. The highest BCUT2D eigenvalue weighted by Gasteiger charge is 2.16. The van der Waals surface area contributed by atoms with Crippen molar-refractivity contribution >= 4 is 0 Å². The molecule has 4 heteroatoms. The highest BCUT2D eigenvalue weighted by Crippen LogP contribution is 2.18. The first kappa shape index (κ1) is 7.73. The van der Waals surface area contributed by atoms with E-state index in [9.17, 15) is 0 Å². The van der Waals surface area contributed by atoms with E-state index in [2.05, 4.69) is 15.4 Å². The van der Waals surface area contributed by atoms with Crippen LogP contribution < -0.4 is 5.32 Å². The van der Waals surface area contributed by atoms with Crippen LogP contribution in [0.3, 0.4) is 0 Å². The number of rotatable bonds is 3. The van der Waals surface area contributed by atoms with Gasteiger partial charge in [0.1, 0.15) is 12.2 Å². The molecule has 0 aliphatic heterocycles. The van der Waals surface area contributed by atoms with E-state index in [0.717, 1.165) is 18.4 Å². The second kappa shape index (κ2) is 3.23. The van der Waals surface area contributed by atoms with Crippen LogP contribution in [0, 0.1) is 0 Å². The summed E-state index contributed by atoms with van der Waals surface area (Å²) >= 11 is 0. The summed E-state index contributed by atoms with van der Waals surface area (Å²) in [7, 11) is 1.92. The normalized spacial score (nSPS) is 17.8. The van der Waals surface area contributed by atoms with E-state index in [0.29, 0.717) is 0 Å². The Labute approximate surface area is 72.0 Å². The predicted octanol–water partition coefficient (Wildman–Crippen LogP) is 0.457. The third-order valence-electron chi connectivity index (χ3n) is 2.46. The minimum Gasteiger partial charge on any atom is -0.307 e. The van der Waals surface area contributed by atoms with Crippen LogP contribution in [0.25, 0.3) is 0 Å². The van der Waals surface area contributed by atoms with Crippen molar-refractivity contribution in [3.8, 4) is 0 Å². The molecular formula is C8H14N4. The van der Waals surface area contributed by atoms with Gasteiger partial charge in [-0.3, -0.25) is 4.68 Å². The minimum atomic E-state index is 0.724. The molecule has 0 atom stereocenters. The fourth-order valence-corrected chi connectivity index (χ4v) is 1.33. The molecule has 1 aromatic heterocycles. The Hall–Kier alpha value is -0.900. The van der Waals surface area contributed by atoms with E-state index in [1.54, 1.807) is 6.33 Å². The highest BCUT2D eigenvalue weighted by molar-refractivity contribution is 4.85. The molecule has 1 aromatic rings. The first-order valence-electron chi connectivity index (χ1n) is 4.42.